The maximum Gasteiger partial charge on any atom is 0.416 e. The van der Waals surface area contributed by atoms with E-state index in [1.807, 2.05) is 11.9 Å². The molecule has 0 unspecified atom stereocenters. The number of rotatable bonds is 0. The fourth-order valence-electron chi connectivity index (χ4n) is 2.81. The molecule has 1 saturated heterocycles. The van der Waals surface area contributed by atoms with Crippen molar-refractivity contribution in [1.82, 2.24) is 14.8 Å². The van der Waals surface area contributed by atoms with Gasteiger partial charge in [-0.2, -0.15) is 13.2 Å². The third-order valence-corrected chi connectivity index (χ3v) is 4.24. The molecular weight excluding hydrogens is 321 g/mol. The number of nitrogens with two attached hydrogens (primary N) is 2. The van der Waals surface area contributed by atoms with Crippen molar-refractivity contribution in [3.05, 3.63) is 35.5 Å². The fraction of sp³-hybridized carbons (Fsp3) is 0.400. The molecule has 1 aromatic rings. The summed E-state index contributed by atoms with van der Waals surface area (Å²) in [6.07, 6.45) is -3.22. The van der Waals surface area contributed by atoms with Gasteiger partial charge in [0, 0.05) is 37.9 Å². The Kier molecular flexibility index (Phi) is 4.14. The highest BCUT2D eigenvalue weighted by atomic mass is 19.4. The van der Waals surface area contributed by atoms with E-state index in [0.717, 1.165) is 38.3 Å². The van der Waals surface area contributed by atoms with E-state index < -0.39 is 11.7 Å². The second kappa shape index (κ2) is 5.99. The van der Waals surface area contributed by atoms with Gasteiger partial charge in [-0.15, -0.1) is 0 Å². The number of guanidine groups is 1. The minimum Gasteiger partial charge on any atom is -0.403 e. The van der Waals surface area contributed by atoms with Gasteiger partial charge < -0.3 is 15.5 Å². The van der Waals surface area contributed by atoms with E-state index >= 15 is 0 Å². The van der Waals surface area contributed by atoms with Gasteiger partial charge >= 0.3 is 6.18 Å². The Bertz CT molecular complexity index is 689. The molecule has 24 heavy (non-hydrogen) atoms. The molecule has 130 valence electrons. The molecule has 0 atom stereocenters. The van der Waals surface area contributed by atoms with Crippen LogP contribution in [0.2, 0.25) is 0 Å². The van der Waals surface area contributed by atoms with E-state index in [1.165, 1.54) is 17.3 Å². The number of alkyl halides is 3. The van der Waals surface area contributed by atoms with Gasteiger partial charge in [0.05, 0.1) is 16.9 Å². The van der Waals surface area contributed by atoms with Crippen LogP contribution >= 0.6 is 0 Å². The van der Waals surface area contributed by atoms with Gasteiger partial charge in [0.15, 0.2) is 0 Å². The summed E-state index contributed by atoms with van der Waals surface area (Å²) in [4.78, 5) is 8.65. The number of nitrogens with zero attached hydrogens (tertiary/aromatic N) is 4. The molecule has 0 aromatic heterocycles. The van der Waals surface area contributed by atoms with Gasteiger partial charge in [0.2, 0.25) is 5.96 Å². The van der Waals surface area contributed by atoms with Crippen LogP contribution < -0.4 is 11.6 Å². The summed E-state index contributed by atoms with van der Waals surface area (Å²) in [6.45, 7) is 3.18. The van der Waals surface area contributed by atoms with Crippen LogP contribution in [0, 0.1) is 0 Å². The Morgan fingerprint density at radius 1 is 1.17 bits per heavy atom. The monoisotopic (exact) mass is 340 g/mol. The molecule has 0 radical (unpaired) electrons. The molecule has 6 nitrogen and oxygen atoms in total. The van der Waals surface area contributed by atoms with Crippen LogP contribution in [-0.2, 0) is 6.18 Å². The number of hydrazine groups is 1. The molecular formula is C15H19F3N6. The number of hydrogen-bond acceptors (Lipinski definition) is 6. The molecule has 9 heteroatoms. The zero-order valence-electron chi connectivity index (χ0n) is 13.2. The van der Waals surface area contributed by atoms with Crippen molar-refractivity contribution in [2.75, 3.05) is 33.2 Å². The predicted octanol–water partition coefficient (Wildman–Crippen LogP) is 1.39. The topological polar surface area (TPSA) is 74.1 Å². The van der Waals surface area contributed by atoms with Crippen molar-refractivity contribution in [2.45, 2.75) is 6.18 Å². The smallest absolute Gasteiger partial charge is 0.403 e. The lowest BCUT2D eigenvalue weighted by Gasteiger charge is -2.39. The molecule has 0 aliphatic carbocycles. The first kappa shape index (κ1) is 16.6. The lowest BCUT2D eigenvalue weighted by molar-refractivity contribution is -0.137. The number of fused-ring (bicyclic) bond motifs is 1. The number of likely N-dealkylation sites (N-methyl/N-ethyl adjacent to an activating group) is 1. The number of hydrogen-bond donors (Lipinski definition) is 2. The zero-order chi connectivity index (χ0) is 17.5. The Morgan fingerprint density at radius 3 is 2.42 bits per heavy atom. The highest BCUT2D eigenvalue weighted by Gasteiger charge is 2.34. The van der Waals surface area contributed by atoms with E-state index in [0.29, 0.717) is 17.3 Å². The van der Waals surface area contributed by atoms with E-state index in [2.05, 4.69) is 9.89 Å². The first-order valence-corrected chi connectivity index (χ1v) is 7.52. The van der Waals surface area contributed by atoms with E-state index in [9.17, 15) is 13.2 Å². The fourth-order valence-corrected chi connectivity index (χ4v) is 2.81. The highest BCUT2D eigenvalue weighted by molar-refractivity contribution is 5.96. The minimum absolute atomic E-state index is 0.271. The first-order chi connectivity index (χ1) is 11.3. The summed E-state index contributed by atoms with van der Waals surface area (Å²) in [6, 6.07) is 3.40. The summed E-state index contributed by atoms with van der Waals surface area (Å²) in [5, 5.41) is 1.26. The third kappa shape index (κ3) is 2.92. The lowest BCUT2D eigenvalue weighted by atomic mass is 10.0. The van der Waals surface area contributed by atoms with E-state index in [4.69, 9.17) is 11.6 Å². The number of benzene rings is 1. The second-order valence-electron chi connectivity index (χ2n) is 5.85. The summed E-state index contributed by atoms with van der Waals surface area (Å²) in [5.41, 5.74) is 5.88. The quantitative estimate of drug-likeness (QED) is 0.698. The Labute approximate surface area is 137 Å². The molecule has 2 heterocycles. The van der Waals surface area contributed by atoms with Crippen molar-refractivity contribution in [1.29, 1.82) is 0 Å². The summed E-state index contributed by atoms with van der Waals surface area (Å²) >= 11 is 0. The molecule has 2 aliphatic rings. The van der Waals surface area contributed by atoms with Crippen LogP contribution in [0.4, 0.5) is 18.9 Å². The summed E-state index contributed by atoms with van der Waals surface area (Å²) in [5.74, 6) is 6.58. The maximum absolute atomic E-state index is 12.9. The van der Waals surface area contributed by atoms with Gasteiger partial charge in [0.1, 0.15) is 0 Å². The Morgan fingerprint density at radius 2 is 1.83 bits per heavy atom. The van der Waals surface area contributed by atoms with Crippen molar-refractivity contribution in [2.24, 2.45) is 16.6 Å². The van der Waals surface area contributed by atoms with Crippen molar-refractivity contribution >= 4 is 17.3 Å². The van der Waals surface area contributed by atoms with E-state index in [1.54, 1.807) is 0 Å². The van der Waals surface area contributed by atoms with E-state index in [-0.39, 0.29) is 5.56 Å². The van der Waals surface area contributed by atoms with Crippen molar-refractivity contribution in [3.8, 4) is 0 Å². The van der Waals surface area contributed by atoms with Crippen LogP contribution in [0.3, 0.4) is 0 Å². The number of halogens is 3. The third-order valence-electron chi connectivity index (χ3n) is 4.24. The average molecular weight is 340 g/mol. The normalized spacial score (nSPS) is 21.0. The van der Waals surface area contributed by atoms with Gasteiger partial charge in [-0.05, 0) is 25.2 Å². The first-order valence-electron chi connectivity index (χ1n) is 7.52. The van der Waals surface area contributed by atoms with Crippen LogP contribution in [-0.4, -0.2) is 54.0 Å². The molecule has 1 aromatic carbocycles. The zero-order valence-corrected chi connectivity index (χ0v) is 13.2. The number of piperazine rings is 1. The van der Waals surface area contributed by atoms with Gasteiger partial charge in [0.25, 0.3) is 0 Å². The molecule has 0 spiro atoms. The Balaban J connectivity index is 2.02. The predicted molar refractivity (Wildman–Crippen MR) is 85.8 cm³/mol. The summed E-state index contributed by atoms with van der Waals surface area (Å²) in [7, 11) is 2.03. The second-order valence-corrected chi connectivity index (χ2v) is 5.85. The van der Waals surface area contributed by atoms with Crippen molar-refractivity contribution in [3.63, 3.8) is 0 Å². The molecule has 0 bridgehead atoms. The minimum atomic E-state index is -4.43. The number of aliphatic imine (C=N–C) groups is 1. The van der Waals surface area contributed by atoms with Gasteiger partial charge in [-0.3, -0.25) is 0 Å². The molecule has 3 rings (SSSR count). The molecule has 0 amide bonds. The molecule has 0 saturated carbocycles. The van der Waals surface area contributed by atoms with Gasteiger partial charge in [-0.25, -0.2) is 15.8 Å². The standard InChI is InChI=1S/C15H19F3N6/c1-22-4-6-23(7-5-22)14-21-12-3-2-10(15(16,17)18)8-11(12)13(9-19)24(14)20/h2-3,8-9H,4-7,19-20H2,1H3/b13-9-. The lowest BCUT2D eigenvalue weighted by Crippen LogP contribution is -2.54. The molecule has 1 fully saturated rings. The van der Waals surface area contributed by atoms with Crippen molar-refractivity contribution < 1.29 is 13.2 Å². The van der Waals surface area contributed by atoms with Crippen LogP contribution in [0.25, 0.3) is 5.70 Å². The van der Waals surface area contributed by atoms with Crippen LogP contribution in [0.15, 0.2) is 29.4 Å². The molecule has 2 aliphatic heterocycles. The van der Waals surface area contributed by atoms with Gasteiger partial charge in [-0.1, -0.05) is 0 Å². The SMILES string of the molecule is CN1CCN(C2=Nc3ccc(C(F)(F)F)cc3/C(=C/N)N2N)CC1. The average Bonchev–Trinajstić information content (AvgIpc) is 2.54. The van der Waals surface area contributed by atoms with Crippen LogP contribution in [0.1, 0.15) is 11.1 Å². The Hall–Kier alpha value is -2.26. The maximum atomic E-state index is 12.9. The summed E-state index contributed by atoms with van der Waals surface area (Å²) < 4.78 is 38.8. The molecule has 4 N–H and O–H groups in total. The van der Waals surface area contributed by atoms with Crippen LogP contribution in [0.5, 0.6) is 0 Å². The largest absolute Gasteiger partial charge is 0.416 e. The highest BCUT2D eigenvalue weighted by Crippen LogP contribution is 2.38.